The van der Waals surface area contributed by atoms with Crippen LogP contribution in [0.2, 0.25) is 0 Å². The van der Waals surface area contributed by atoms with Crippen molar-refractivity contribution in [2.75, 3.05) is 0 Å². The molecule has 4 nitrogen and oxygen atoms in total. The fraction of sp³-hybridized carbons (Fsp3) is 0.364. The fourth-order valence-electron chi connectivity index (χ4n) is 1.07. The van der Waals surface area contributed by atoms with Crippen molar-refractivity contribution >= 4 is 16.2 Å². The fourth-order valence-corrected chi connectivity index (χ4v) is 1.88. The quantitative estimate of drug-likeness (QED) is 0.632. The summed E-state index contributed by atoms with van der Waals surface area (Å²) in [5, 5.41) is 3.67. The Labute approximate surface area is 96.4 Å². The van der Waals surface area contributed by atoms with Crippen LogP contribution in [0.1, 0.15) is 25.3 Å². The maximum atomic E-state index is 11.7. The maximum Gasteiger partial charge on any atom is 0.276 e. The van der Waals surface area contributed by atoms with Crippen LogP contribution >= 0.6 is 0 Å². The molecule has 0 heterocycles. The lowest BCUT2D eigenvalue weighted by molar-refractivity contribution is 0.584. The number of rotatable bonds is 5. The van der Waals surface area contributed by atoms with Crippen LogP contribution in [0, 0.1) is 6.92 Å². The zero-order valence-electron chi connectivity index (χ0n) is 9.47. The number of nitrogens with one attached hydrogen (secondary N) is 1. The third-order valence-electron chi connectivity index (χ3n) is 2.01. The molecular weight excluding hydrogens is 224 g/mol. The van der Waals surface area contributed by atoms with Crippen molar-refractivity contribution < 1.29 is 8.42 Å². The van der Waals surface area contributed by atoms with Gasteiger partial charge in [-0.15, -0.1) is 0 Å². The number of hydrogen-bond acceptors (Lipinski definition) is 3. The second-order valence-corrected chi connectivity index (χ2v) is 5.17. The molecule has 1 aromatic carbocycles. The van der Waals surface area contributed by atoms with Gasteiger partial charge < -0.3 is 0 Å². The first-order valence-corrected chi connectivity index (χ1v) is 6.64. The minimum absolute atomic E-state index is 0.228. The number of nitrogens with zero attached hydrogens (tertiary/aromatic N) is 1. The Morgan fingerprint density at radius 3 is 2.50 bits per heavy atom. The molecule has 1 N–H and O–H groups in total. The minimum Gasteiger partial charge on any atom is -0.200 e. The van der Waals surface area contributed by atoms with Crippen molar-refractivity contribution in [3.8, 4) is 0 Å². The molecule has 0 spiro atoms. The minimum atomic E-state index is -3.51. The van der Waals surface area contributed by atoms with Crippen molar-refractivity contribution in [3.63, 3.8) is 0 Å². The summed E-state index contributed by atoms with van der Waals surface area (Å²) in [6.45, 7) is 3.91. The Kier molecular flexibility index (Phi) is 4.49. The van der Waals surface area contributed by atoms with Gasteiger partial charge in [0, 0.05) is 6.21 Å². The lowest BCUT2D eigenvalue weighted by atomic mass is 10.2. The van der Waals surface area contributed by atoms with E-state index in [1.165, 1.54) is 0 Å². The summed E-state index contributed by atoms with van der Waals surface area (Å²) in [4.78, 5) is 2.40. The van der Waals surface area contributed by atoms with Crippen molar-refractivity contribution in [2.45, 2.75) is 31.6 Å². The highest BCUT2D eigenvalue weighted by atomic mass is 32.2. The summed E-state index contributed by atoms with van der Waals surface area (Å²) < 4.78 is 23.4. The molecule has 88 valence electrons. The lowest BCUT2D eigenvalue weighted by Gasteiger charge is -2.03. The van der Waals surface area contributed by atoms with Crippen LogP contribution in [0.3, 0.4) is 0 Å². The van der Waals surface area contributed by atoms with Gasteiger partial charge in [-0.3, -0.25) is 0 Å². The van der Waals surface area contributed by atoms with Gasteiger partial charge in [0.2, 0.25) is 0 Å². The van der Waals surface area contributed by atoms with Gasteiger partial charge in [-0.25, -0.2) is 4.83 Å². The largest absolute Gasteiger partial charge is 0.276 e. The molecule has 1 rings (SSSR count). The smallest absolute Gasteiger partial charge is 0.200 e. The highest BCUT2D eigenvalue weighted by Crippen LogP contribution is 2.09. The van der Waals surface area contributed by atoms with Crippen LogP contribution in [-0.4, -0.2) is 14.6 Å². The molecule has 0 aliphatic heterocycles. The summed E-state index contributed by atoms with van der Waals surface area (Å²) in [6.07, 6.45) is 3.26. The van der Waals surface area contributed by atoms with E-state index in [0.29, 0.717) is 0 Å². The summed E-state index contributed by atoms with van der Waals surface area (Å²) in [6, 6.07) is 6.63. The second-order valence-electron chi connectivity index (χ2n) is 3.51. The van der Waals surface area contributed by atoms with Crippen LogP contribution in [0.25, 0.3) is 0 Å². The summed E-state index contributed by atoms with van der Waals surface area (Å²) in [5.74, 6) is 0. The molecular formula is C11H16N2O2S. The Morgan fingerprint density at radius 1 is 1.31 bits per heavy atom. The number of hydrogen-bond donors (Lipinski definition) is 1. The zero-order valence-corrected chi connectivity index (χ0v) is 10.3. The van der Waals surface area contributed by atoms with Crippen molar-refractivity contribution in [2.24, 2.45) is 5.10 Å². The predicted molar refractivity (Wildman–Crippen MR) is 64.9 cm³/mol. The third-order valence-corrected chi connectivity index (χ3v) is 3.25. The summed E-state index contributed by atoms with van der Waals surface area (Å²) in [5.41, 5.74) is 1.02. The van der Waals surface area contributed by atoms with Crippen molar-refractivity contribution in [1.29, 1.82) is 0 Å². The topological polar surface area (TPSA) is 58.5 Å². The van der Waals surface area contributed by atoms with Crippen molar-refractivity contribution in [1.82, 2.24) is 4.83 Å². The van der Waals surface area contributed by atoms with Crippen LogP contribution in [0.15, 0.2) is 34.3 Å². The van der Waals surface area contributed by atoms with Gasteiger partial charge in [0.05, 0.1) is 4.90 Å². The Hall–Kier alpha value is -1.36. The average Bonchev–Trinajstić information content (AvgIpc) is 2.25. The van der Waals surface area contributed by atoms with Gasteiger partial charge in [-0.05, 0) is 25.5 Å². The molecule has 0 aliphatic carbocycles. The summed E-state index contributed by atoms with van der Waals surface area (Å²) in [7, 11) is -3.51. The van der Waals surface area contributed by atoms with Crippen LogP contribution in [-0.2, 0) is 10.0 Å². The molecule has 16 heavy (non-hydrogen) atoms. The van der Waals surface area contributed by atoms with E-state index in [9.17, 15) is 8.42 Å². The van der Waals surface area contributed by atoms with E-state index in [1.54, 1.807) is 30.5 Å². The SMILES string of the molecule is CCCC=NNS(=O)(=O)c1ccc(C)cc1. The molecule has 0 fully saturated rings. The van der Waals surface area contributed by atoms with E-state index in [0.717, 1.165) is 18.4 Å². The zero-order chi connectivity index (χ0) is 12.0. The highest BCUT2D eigenvalue weighted by Gasteiger charge is 2.11. The number of unbranched alkanes of at least 4 members (excludes halogenated alkanes) is 1. The van der Waals surface area contributed by atoms with E-state index in [4.69, 9.17) is 0 Å². The Balaban J connectivity index is 2.74. The Morgan fingerprint density at radius 2 is 1.94 bits per heavy atom. The highest BCUT2D eigenvalue weighted by molar-refractivity contribution is 7.89. The average molecular weight is 240 g/mol. The maximum absolute atomic E-state index is 11.7. The molecule has 1 aromatic rings. The molecule has 0 saturated carbocycles. The van der Waals surface area contributed by atoms with Gasteiger partial charge in [-0.2, -0.15) is 13.5 Å². The van der Waals surface area contributed by atoms with Crippen LogP contribution in [0.4, 0.5) is 0 Å². The predicted octanol–water partition coefficient (Wildman–Crippen LogP) is 2.06. The van der Waals surface area contributed by atoms with Gasteiger partial charge in [0.15, 0.2) is 0 Å². The molecule has 0 amide bonds. The van der Waals surface area contributed by atoms with E-state index < -0.39 is 10.0 Å². The number of benzene rings is 1. The monoisotopic (exact) mass is 240 g/mol. The van der Waals surface area contributed by atoms with E-state index in [2.05, 4.69) is 9.93 Å². The molecule has 0 unspecified atom stereocenters. The second kappa shape index (κ2) is 5.65. The van der Waals surface area contributed by atoms with E-state index >= 15 is 0 Å². The Bertz CT molecular complexity index is 449. The first-order chi connectivity index (χ1) is 7.56. The molecule has 5 heteroatoms. The number of hydrazone groups is 1. The van der Waals surface area contributed by atoms with Crippen LogP contribution in [0.5, 0.6) is 0 Å². The molecule has 0 aliphatic rings. The molecule has 0 radical (unpaired) electrons. The standard InChI is InChI=1S/C11H16N2O2S/c1-3-4-9-12-13-16(14,15)11-7-5-10(2)6-8-11/h5-9,13H,3-4H2,1-2H3. The molecule has 0 aromatic heterocycles. The van der Waals surface area contributed by atoms with Crippen molar-refractivity contribution in [3.05, 3.63) is 29.8 Å². The van der Waals surface area contributed by atoms with E-state index in [1.807, 2.05) is 13.8 Å². The number of aryl methyl sites for hydroxylation is 1. The van der Waals surface area contributed by atoms with Crippen LogP contribution < -0.4 is 4.83 Å². The van der Waals surface area contributed by atoms with Gasteiger partial charge >= 0.3 is 0 Å². The molecule has 0 atom stereocenters. The van der Waals surface area contributed by atoms with Gasteiger partial charge in [-0.1, -0.05) is 31.0 Å². The summed E-state index contributed by atoms with van der Waals surface area (Å²) >= 11 is 0. The van der Waals surface area contributed by atoms with E-state index in [-0.39, 0.29) is 4.90 Å². The normalized spacial score (nSPS) is 11.9. The third kappa shape index (κ3) is 3.66. The first kappa shape index (κ1) is 12.7. The molecule has 0 saturated heterocycles. The number of sulfonamides is 1. The van der Waals surface area contributed by atoms with Gasteiger partial charge in [0.25, 0.3) is 10.0 Å². The first-order valence-electron chi connectivity index (χ1n) is 5.16. The lowest BCUT2D eigenvalue weighted by Crippen LogP contribution is -2.18. The molecule has 0 bridgehead atoms. The van der Waals surface area contributed by atoms with Gasteiger partial charge in [0.1, 0.15) is 0 Å².